The van der Waals surface area contributed by atoms with Crippen molar-refractivity contribution < 1.29 is 14.0 Å². The molecular formula is C17H23N3O3. The second kappa shape index (κ2) is 6.48. The van der Waals surface area contributed by atoms with Gasteiger partial charge in [0, 0.05) is 18.7 Å². The molecule has 2 aromatic rings. The molecule has 3 rings (SSSR count). The highest BCUT2D eigenvalue weighted by atomic mass is 16.5. The van der Waals surface area contributed by atoms with Gasteiger partial charge in [-0.15, -0.1) is 0 Å². The number of hydrogen-bond acceptors (Lipinski definition) is 6. The summed E-state index contributed by atoms with van der Waals surface area (Å²) in [6, 6.07) is 6.19. The summed E-state index contributed by atoms with van der Waals surface area (Å²) in [5, 5.41) is 4.12. The first kappa shape index (κ1) is 15.6. The lowest BCUT2D eigenvalue weighted by molar-refractivity contribution is 0.326. The predicted octanol–water partition coefficient (Wildman–Crippen LogP) is 3.24. The molecule has 23 heavy (non-hydrogen) atoms. The van der Waals surface area contributed by atoms with Crippen molar-refractivity contribution in [1.82, 2.24) is 10.1 Å². The molecule has 6 heteroatoms. The van der Waals surface area contributed by atoms with Crippen LogP contribution in [0.3, 0.4) is 0 Å². The van der Waals surface area contributed by atoms with E-state index in [0.717, 1.165) is 18.7 Å². The van der Waals surface area contributed by atoms with Crippen molar-refractivity contribution in [2.24, 2.45) is 11.8 Å². The first-order valence-electron chi connectivity index (χ1n) is 7.91. The molecule has 2 atom stereocenters. The summed E-state index contributed by atoms with van der Waals surface area (Å²) in [5.74, 6) is 3.16. The second-order valence-electron chi connectivity index (χ2n) is 6.32. The van der Waals surface area contributed by atoms with Crippen LogP contribution in [-0.4, -0.2) is 37.4 Å². The minimum absolute atomic E-state index is 0.562. The molecule has 6 nitrogen and oxygen atoms in total. The smallest absolute Gasteiger partial charge is 0.324 e. The number of piperidine rings is 1. The highest BCUT2D eigenvalue weighted by Gasteiger charge is 2.25. The number of anilines is 1. The minimum atomic E-state index is 0.562. The Morgan fingerprint density at radius 1 is 1.09 bits per heavy atom. The summed E-state index contributed by atoms with van der Waals surface area (Å²) in [7, 11) is 3.22. The first-order chi connectivity index (χ1) is 11.1. The van der Waals surface area contributed by atoms with Gasteiger partial charge in [-0.2, -0.15) is 4.98 Å². The quantitative estimate of drug-likeness (QED) is 0.863. The number of nitrogens with zero attached hydrogens (tertiary/aromatic N) is 3. The molecule has 0 aliphatic carbocycles. The lowest BCUT2D eigenvalue weighted by Crippen LogP contribution is -2.38. The molecule has 0 amide bonds. The van der Waals surface area contributed by atoms with E-state index in [1.54, 1.807) is 14.2 Å². The lowest BCUT2D eigenvalue weighted by Gasteiger charge is -2.33. The number of methoxy groups -OCH3 is 2. The number of rotatable bonds is 4. The Balaban J connectivity index is 1.84. The molecule has 2 heterocycles. The van der Waals surface area contributed by atoms with Gasteiger partial charge in [-0.3, -0.25) is 0 Å². The number of benzene rings is 1. The maximum Gasteiger partial charge on any atom is 0.324 e. The first-order valence-corrected chi connectivity index (χ1v) is 7.91. The summed E-state index contributed by atoms with van der Waals surface area (Å²) in [5.41, 5.74) is 0.843. The van der Waals surface area contributed by atoms with E-state index < -0.39 is 0 Å². The van der Waals surface area contributed by atoms with Crippen LogP contribution >= 0.6 is 0 Å². The molecule has 0 unspecified atom stereocenters. The van der Waals surface area contributed by atoms with Crippen molar-refractivity contribution in [1.29, 1.82) is 0 Å². The molecular weight excluding hydrogens is 294 g/mol. The van der Waals surface area contributed by atoms with Gasteiger partial charge >= 0.3 is 6.01 Å². The highest BCUT2D eigenvalue weighted by Crippen LogP contribution is 2.32. The third-order valence-electron chi connectivity index (χ3n) is 4.20. The summed E-state index contributed by atoms with van der Waals surface area (Å²) in [6.45, 7) is 6.43. The van der Waals surface area contributed by atoms with Gasteiger partial charge in [-0.05, 0) is 36.5 Å². The lowest BCUT2D eigenvalue weighted by atomic mass is 9.92. The van der Waals surface area contributed by atoms with E-state index in [1.807, 2.05) is 18.2 Å². The zero-order chi connectivity index (χ0) is 16.4. The van der Waals surface area contributed by atoms with Gasteiger partial charge < -0.3 is 18.9 Å². The second-order valence-corrected chi connectivity index (χ2v) is 6.32. The van der Waals surface area contributed by atoms with Gasteiger partial charge in [0.1, 0.15) is 0 Å². The van der Waals surface area contributed by atoms with Gasteiger partial charge in [-0.25, -0.2) is 0 Å². The van der Waals surface area contributed by atoms with Crippen LogP contribution in [0, 0.1) is 11.8 Å². The Morgan fingerprint density at radius 2 is 1.78 bits per heavy atom. The Labute approximate surface area is 136 Å². The fourth-order valence-corrected chi connectivity index (χ4v) is 3.26. The maximum atomic E-state index is 5.48. The molecule has 124 valence electrons. The van der Waals surface area contributed by atoms with Crippen LogP contribution in [0.2, 0.25) is 0 Å². The van der Waals surface area contributed by atoms with Crippen LogP contribution in [-0.2, 0) is 0 Å². The van der Waals surface area contributed by atoms with Crippen LogP contribution < -0.4 is 14.4 Å². The molecule has 0 N–H and O–H groups in total. The van der Waals surface area contributed by atoms with Crippen molar-refractivity contribution in [3.8, 4) is 22.9 Å². The largest absolute Gasteiger partial charge is 0.493 e. The van der Waals surface area contributed by atoms with Crippen molar-refractivity contribution in [3.63, 3.8) is 0 Å². The fourth-order valence-electron chi connectivity index (χ4n) is 3.26. The van der Waals surface area contributed by atoms with Gasteiger partial charge in [0.2, 0.25) is 5.82 Å². The average Bonchev–Trinajstić information content (AvgIpc) is 3.03. The van der Waals surface area contributed by atoms with Crippen molar-refractivity contribution >= 4 is 6.01 Å². The number of aromatic nitrogens is 2. The van der Waals surface area contributed by atoms with Crippen LogP contribution in [0.4, 0.5) is 6.01 Å². The number of ether oxygens (including phenoxy) is 2. The number of hydrogen-bond donors (Lipinski definition) is 0. The van der Waals surface area contributed by atoms with E-state index in [-0.39, 0.29) is 0 Å². The third-order valence-corrected chi connectivity index (χ3v) is 4.20. The Morgan fingerprint density at radius 3 is 2.43 bits per heavy atom. The minimum Gasteiger partial charge on any atom is -0.493 e. The SMILES string of the molecule is COc1ccc(-c2noc(N3C[C@@H](C)C[C@H](C)C3)n2)cc1OC. The predicted molar refractivity (Wildman–Crippen MR) is 88.0 cm³/mol. The molecule has 0 bridgehead atoms. The van der Waals surface area contributed by atoms with Crippen LogP contribution in [0.1, 0.15) is 20.3 Å². The summed E-state index contributed by atoms with van der Waals surface area (Å²) in [4.78, 5) is 6.73. The third kappa shape index (κ3) is 3.25. The van der Waals surface area contributed by atoms with E-state index >= 15 is 0 Å². The molecule has 1 aromatic heterocycles. The van der Waals surface area contributed by atoms with Crippen molar-refractivity contribution in [2.75, 3.05) is 32.2 Å². The van der Waals surface area contributed by atoms with E-state index in [9.17, 15) is 0 Å². The Hall–Kier alpha value is -2.24. The van der Waals surface area contributed by atoms with Gasteiger partial charge in [0.05, 0.1) is 14.2 Å². The van der Waals surface area contributed by atoms with Crippen LogP contribution in [0.5, 0.6) is 11.5 Å². The van der Waals surface area contributed by atoms with Gasteiger partial charge in [0.25, 0.3) is 0 Å². The molecule has 0 radical (unpaired) electrons. The highest BCUT2D eigenvalue weighted by molar-refractivity contribution is 5.61. The standard InChI is InChI=1S/C17H23N3O3/c1-11-7-12(2)10-20(9-11)17-18-16(19-23-17)13-5-6-14(21-3)15(8-13)22-4/h5-6,8,11-12H,7,9-10H2,1-4H3/t11-,12-/m0/s1. The van der Waals surface area contributed by atoms with Crippen molar-refractivity contribution in [3.05, 3.63) is 18.2 Å². The molecule has 0 saturated carbocycles. The zero-order valence-corrected chi connectivity index (χ0v) is 14.1. The molecule has 1 aliphatic rings. The van der Waals surface area contributed by atoms with Crippen LogP contribution in [0.15, 0.2) is 22.7 Å². The average molecular weight is 317 g/mol. The summed E-state index contributed by atoms with van der Waals surface area (Å²) >= 11 is 0. The van der Waals surface area contributed by atoms with E-state index in [2.05, 4.69) is 28.9 Å². The fraction of sp³-hybridized carbons (Fsp3) is 0.529. The van der Waals surface area contributed by atoms with Gasteiger partial charge in [0.15, 0.2) is 11.5 Å². The monoisotopic (exact) mass is 317 g/mol. The van der Waals surface area contributed by atoms with Crippen molar-refractivity contribution in [2.45, 2.75) is 20.3 Å². The molecule has 1 aliphatic heterocycles. The molecule has 1 saturated heterocycles. The Kier molecular flexibility index (Phi) is 4.41. The molecule has 1 fully saturated rings. The zero-order valence-electron chi connectivity index (χ0n) is 14.1. The van der Waals surface area contributed by atoms with E-state index in [1.165, 1.54) is 6.42 Å². The van der Waals surface area contributed by atoms with Gasteiger partial charge in [-0.1, -0.05) is 19.0 Å². The van der Waals surface area contributed by atoms with E-state index in [0.29, 0.717) is 35.2 Å². The maximum absolute atomic E-state index is 5.48. The van der Waals surface area contributed by atoms with Crippen LogP contribution in [0.25, 0.3) is 11.4 Å². The molecule has 0 spiro atoms. The Bertz CT molecular complexity index is 661. The van der Waals surface area contributed by atoms with E-state index in [4.69, 9.17) is 14.0 Å². The summed E-state index contributed by atoms with van der Waals surface area (Å²) in [6.07, 6.45) is 1.24. The topological polar surface area (TPSA) is 60.6 Å². The summed E-state index contributed by atoms with van der Waals surface area (Å²) < 4.78 is 16.1. The normalized spacial score (nSPS) is 21.3. The molecule has 1 aromatic carbocycles.